The van der Waals surface area contributed by atoms with Crippen LogP contribution in [0.5, 0.6) is 5.75 Å². The molecule has 0 atom stereocenters. The molecule has 0 saturated carbocycles. The molecule has 3 aromatic rings. The predicted molar refractivity (Wildman–Crippen MR) is 75.0 cm³/mol. The molecule has 2 heterocycles. The van der Waals surface area contributed by atoms with Crippen molar-refractivity contribution in [2.24, 2.45) is 0 Å². The molecule has 0 amide bonds. The lowest BCUT2D eigenvalue weighted by molar-refractivity contribution is -0.385. The van der Waals surface area contributed by atoms with Crippen molar-refractivity contribution in [2.75, 3.05) is 7.11 Å². The zero-order valence-electron chi connectivity index (χ0n) is 11.0. The second kappa shape index (κ2) is 4.41. The summed E-state index contributed by atoms with van der Waals surface area (Å²) in [6, 6.07) is 5.22. The van der Waals surface area contributed by atoms with Crippen molar-refractivity contribution < 1.29 is 9.66 Å². The van der Waals surface area contributed by atoms with E-state index in [1.807, 2.05) is 13.0 Å². The number of ether oxygens (including phenoxy) is 1. The highest BCUT2D eigenvalue weighted by molar-refractivity contribution is 6.03. The van der Waals surface area contributed by atoms with E-state index < -0.39 is 4.92 Å². The van der Waals surface area contributed by atoms with Gasteiger partial charge in [0.05, 0.1) is 23.1 Å². The Labute approximate surface area is 114 Å². The zero-order valence-corrected chi connectivity index (χ0v) is 11.0. The molecule has 0 saturated heterocycles. The average molecular weight is 269 g/mol. The van der Waals surface area contributed by atoms with E-state index in [2.05, 4.69) is 9.97 Å². The molecule has 6 nitrogen and oxygen atoms in total. The first-order chi connectivity index (χ1) is 9.60. The van der Waals surface area contributed by atoms with E-state index in [0.717, 1.165) is 16.5 Å². The van der Waals surface area contributed by atoms with Crippen molar-refractivity contribution in [2.45, 2.75) is 6.92 Å². The fraction of sp³-hybridized carbons (Fsp3) is 0.143. The van der Waals surface area contributed by atoms with Crippen molar-refractivity contribution in [3.8, 4) is 5.75 Å². The van der Waals surface area contributed by atoms with Gasteiger partial charge >= 0.3 is 0 Å². The molecule has 6 heteroatoms. The minimum absolute atomic E-state index is 0.0595. The van der Waals surface area contributed by atoms with Gasteiger partial charge in [0.1, 0.15) is 11.9 Å². The number of aromatic nitrogens is 2. The first-order valence-electron chi connectivity index (χ1n) is 5.97. The molecule has 0 radical (unpaired) electrons. The number of methoxy groups -OCH3 is 1. The van der Waals surface area contributed by atoms with Crippen LogP contribution in [0.3, 0.4) is 0 Å². The second-order valence-electron chi connectivity index (χ2n) is 4.51. The van der Waals surface area contributed by atoms with Crippen LogP contribution in [0.15, 0.2) is 30.6 Å². The van der Waals surface area contributed by atoms with E-state index >= 15 is 0 Å². The van der Waals surface area contributed by atoms with Crippen LogP contribution in [-0.2, 0) is 0 Å². The minimum atomic E-state index is -0.468. The van der Waals surface area contributed by atoms with E-state index in [-0.39, 0.29) is 5.69 Å². The Balaban J connectivity index is 2.46. The summed E-state index contributed by atoms with van der Waals surface area (Å²) in [4.78, 5) is 18.9. The van der Waals surface area contributed by atoms with Crippen LogP contribution >= 0.6 is 0 Å². The van der Waals surface area contributed by atoms with Gasteiger partial charge in [-0.2, -0.15) is 0 Å². The largest absolute Gasteiger partial charge is 0.495 e. The summed E-state index contributed by atoms with van der Waals surface area (Å²) in [7, 11) is 1.54. The topological polar surface area (TPSA) is 78.2 Å². The van der Waals surface area contributed by atoms with Crippen LogP contribution in [0, 0.1) is 17.0 Å². The first-order valence-corrected chi connectivity index (χ1v) is 5.97. The standard InChI is InChI=1S/C14H11N3O3/c1-8-3-10-12(15-6-8)5-13-11(14(10)20-2)4-9(7-16-13)17(18)19/h3-7H,1-2H3. The van der Waals surface area contributed by atoms with Gasteiger partial charge in [-0.1, -0.05) is 0 Å². The molecule has 0 N–H and O–H groups in total. The van der Waals surface area contributed by atoms with Gasteiger partial charge in [-0.25, -0.2) is 4.98 Å². The van der Waals surface area contributed by atoms with Gasteiger partial charge < -0.3 is 4.74 Å². The predicted octanol–water partition coefficient (Wildman–Crippen LogP) is 3.01. The first kappa shape index (κ1) is 12.3. The highest BCUT2D eigenvalue weighted by Crippen LogP contribution is 2.34. The SMILES string of the molecule is COc1c2cc(C)cnc2cc2ncc([N+](=O)[O-])cc12. The number of benzene rings is 1. The van der Waals surface area contributed by atoms with Crippen LogP contribution in [0.25, 0.3) is 21.8 Å². The van der Waals surface area contributed by atoms with Crippen LogP contribution in [0.4, 0.5) is 5.69 Å². The summed E-state index contributed by atoms with van der Waals surface area (Å²) in [6.45, 7) is 1.93. The summed E-state index contributed by atoms with van der Waals surface area (Å²) >= 11 is 0. The Bertz CT molecular complexity index is 846. The Morgan fingerprint density at radius 3 is 2.40 bits per heavy atom. The Morgan fingerprint density at radius 2 is 1.75 bits per heavy atom. The lowest BCUT2D eigenvalue weighted by atomic mass is 10.1. The molecule has 2 aromatic heterocycles. The summed E-state index contributed by atoms with van der Waals surface area (Å²) in [5, 5.41) is 12.3. The Hall–Kier alpha value is -2.76. The molecule has 0 fully saturated rings. The molecule has 0 unspecified atom stereocenters. The van der Waals surface area contributed by atoms with Crippen LogP contribution in [0.2, 0.25) is 0 Å². The van der Waals surface area contributed by atoms with Crippen molar-refractivity contribution in [1.82, 2.24) is 9.97 Å². The smallest absolute Gasteiger partial charge is 0.288 e. The van der Waals surface area contributed by atoms with E-state index in [4.69, 9.17) is 4.74 Å². The van der Waals surface area contributed by atoms with Crippen molar-refractivity contribution >= 4 is 27.5 Å². The number of hydrogen-bond donors (Lipinski definition) is 0. The normalized spacial score (nSPS) is 10.9. The van der Waals surface area contributed by atoms with Gasteiger partial charge in [0.25, 0.3) is 5.69 Å². The van der Waals surface area contributed by atoms with Gasteiger partial charge in [-0.05, 0) is 24.6 Å². The van der Waals surface area contributed by atoms with Crippen LogP contribution in [0.1, 0.15) is 5.56 Å². The molecule has 100 valence electrons. The molecular formula is C14H11N3O3. The van der Waals surface area contributed by atoms with Gasteiger partial charge in [-0.15, -0.1) is 0 Å². The fourth-order valence-electron chi connectivity index (χ4n) is 2.23. The number of nitrogens with zero attached hydrogens (tertiary/aromatic N) is 3. The van der Waals surface area contributed by atoms with Gasteiger partial charge in [0, 0.05) is 23.0 Å². The third-order valence-electron chi connectivity index (χ3n) is 3.14. The minimum Gasteiger partial charge on any atom is -0.495 e. The quantitative estimate of drug-likeness (QED) is 0.406. The number of nitro groups is 1. The number of hydrogen-bond acceptors (Lipinski definition) is 5. The highest BCUT2D eigenvalue weighted by atomic mass is 16.6. The molecule has 0 bridgehead atoms. The number of fused-ring (bicyclic) bond motifs is 2. The maximum absolute atomic E-state index is 10.9. The Morgan fingerprint density at radius 1 is 1.10 bits per heavy atom. The molecule has 0 spiro atoms. The van der Waals surface area contributed by atoms with Crippen molar-refractivity contribution in [3.63, 3.8) is 0 Å². The maximum atomic E-state index is 10.9. The molecule has 0 aliphatic heterocycles. The third-order valence-corrected chi connectivity index (χ3v) is 3.14. The molecular weight excluding hydrogens is 258 g/mol. The Kier molecular flexibility index (Phi) is 2.71. The molecule has 20 heavy (non-hydrogen) atoms. The molecule has 1 aromatic carbocycles. The van der Waals surface area contributed by atoms with E-state index in [0.29, 0.717) is 16.7 Å². The second-order valence-corrected chi connectivity index (χ2v) is 4.51. The molecule has 3 rings (SSSR count). The third kappa shape index (κ3) is 1.82. The van der Waals surface area contributed by atoms with Gasteiger partial charge in [0.15, 0.2) is 0 Å². The summed E-state index contributed by atoms with van der Waals surface area (Å²) < 4.78 is 5.43. The maximum Gasteiger partial charge on any atom is 0.288 e. The molecule has 0 aliphatic rings. The summed E-state index contributed by atoms with van der Waals surface area (Å²) in [6.07, 6.45) is 3.00. The monoisotopic (exact) mass is 269 g/mol. The van der Waals surface area contributed by atoms with Gasteiger partial charge in [-0.3, -0.25) is 15.1 Å². The number of aryl methyl sites for hydroxylation is 1. The van der Waals surface area contributed by atoms with Crippen molar-refractivity contribution in [3.05, 3.63) is 46.3 Å². The number of pyridine rings is 2. The van der Waals surface area contributed by atoms with Crippen LogP contribution in [-0.4, -0.2) is 22.0 Å². The van der Waals surface area contributed by atoms with E-state index in [9.17, 15) is 10.1 Å². The highest BCUT2D eigenvalue weighted by Gasteiger charge is 2.14. The van der Waals surface area contributed by atoms with E-state index in [1.165, 1.54) is 19.4 Å². The number of rotatable bonds is 2. The van der Waals surface area contributed by atoms with Crippen LogP contribution < -0.4 is 4.74 Å². The van der Waals surface area contributed by atoms with E-state index in [1.54, 1.807) is 12.3 Å². The molecule has 0 aliphatic carbocycles. The average Bonchev–Trinajstić information content (AvgIpc) is 2.44. The van der Waals surface area contributed by atoms with Gasteiger partial charge in [0.2, 0.25) is 0 Å². The van der Waals surface area contributed by atoms with Crippen molar-refractivity contribution in [1.29, 1.82) is 0 Å². The summed E-state index contributed by atoms with van der Waals surface area (Å²) in [5.41, 5.74) is 2.31. The fourth-order valence-corrected chi connectivity index (χ4v) is 2.23. The lowest BCUT2D eigenvalue weighted by Crippen LogP contribution is -1.94. The summed E-state index contributed by atoms with van der Waals surface area (Å²) in [5.74, 6) is 0.560. The zero-order chi connectivity index (χ0) is 14.3. The lowest BCUT2D eigenvalue weighted by Gasteiger charge is -2.09.